The van der Waals surface area contributed by atoms with E-state index in [0.717, 1.165) is 17.6 Å². The standard InChI is InChI=1S/C18H30BNO2/c1-8-13-16(2,3)20-15-11-9-14(10-12-15)19-21-17(4,5)18(6,7)22-19/h9-12,20H,8,13H2,1-7H3. The summed E-state index contributed by atoms with van der Waals surface area (Å²) in [6.45, 7) is 15.0. The van der Waals surface area contributed by atoms with Gasteiger partial charge < -0.3 is 14.6 Å². The minimum absolute atomic E-state index is 0.112. The molecule has 0 aromatic heterocycles. The molecule has 0 aliphatic carbocycles. The molecule has 22 heavy (non-hydrogen) atoms. The van der Waals surface area contributed by atoms with Gasteiger partial charge in [-0.25, -0.2) is 0 Å². The van der Waals surface area contributed by atoms with Crippen molar-refractivity contribution in [2.45, 2.75) is 78.0 Å². The van der Waals surface area contributed by atoms with Crippen LogP contribution in [0.3, 0.4) is 0 Å². The summed E-state index contributed by atoms with van der Waals surface area (Å²) in [6.07, 6.45) is 2.32. The first-order chi connectivity index (χ1) is 10.1. The van der Waals surface area contributed by atoms with E-state index in [1.807, 2.05) is 0 Å². The monoisotopic (exact) mass is 303 g/mol. The summed E-state index contributed by atoms with van der Waals surface area (Å²) in [4.78, 5) is 0. The van der Waals surface area contributed by atoms with E-state index in [2.05, 4.69) is 78.0 Å². The summed E-state index contributed by atoms with van der Waals surface area (Å²) >= 11 is 0. The Morgan fingerprint density at radius 1 is 1.00 bits per heavy atom. The highest BCUT2D eigenvalue weighted by Crippen LogP contribution is 2.36. The zero-order valence-electron chi connectivity index (χ0n) is 15.1. The molecule has 1 aromatic carbocycles. The van der Waals surface area contributed by atoms with Gasteiger partial charge in [-0.05, 0) is 65.6 Å². The van der Waals surface area contributed by atoms with Gasteiger partial charge in [0, 0.05) is 11.2 Å². The Morgan fingerprint density at radius 2 is 1.50 bits per heavy atom. The SMILES string of the molecule is CCCC(C)(C)Nc1ccc(B2OC(C)(C)C(C)(C)O2)cc1. The van der Waals surface area contributed by atoms with Crippen molar-refractivity contribution in [1.82, 2.24) is 0 Å². The molecule has 0 amide bonds. The van der Waals surface area contributed by atoms with Crippen LogP contribution in [0.15, 0.2) is 24.3 Å². The molecule has 1 aliphatic heterocycles. The van der Waals surface area contributed by atoms with Gasteiger partial charge in [0.25, 0.3) is 0 Å². The van der Waals surface area contributed by atoms with Gasteiger partial charge in [-0.1, -0.05) is 25.5 Å². The number of rotatable bonds is 5. The summed E-state index contributed by atoms with van der Waals surface area (Å²) < 4.78 is 12.2. The Kier molecular flexibility index (Phi) is 4.65. The maximum absolute atomic E-state index is 6.09. The summed E-state index contributed by atoms with van der Waals surface area (Å²) in [5, 5.41) is 3.59. The quantitative estimate of drug-likeness (QED) is 0.835. The third-order valence-corrected chi connectivity index (χ3v) is 4.79. The molecule has 0 atom stereocenters. The van der Waals surface area contributed by atoms with Crippen molar-refractivity contribution in [3.63, 3.8) is 0 Å². The Bertz CT molecular complexity index is 492. The van der Waals surface area contributed by atoms with Crippen LogP contribution in [0.1, 0.15) is 61.3 Å². The van der Waals surface area contributed by atoms with E-state index in [0.29, 0.717) is 0 Å². The number of hydrogen-bond donors (Lipinski definition) is 1. The van der Waals surface area contributed by atoms with Gasteiger partial charge in [-0.15, -0.1) is 0 Å². The van der Waals surface area contributed by atoms with Crippen molar-refractivity contribution in [2.24, 2.45) is 0 Å². The fraction of sp³-hybridized carbons (Fsp3) is 0.667. The molecule has 0 saturated carbocycles. The van der Waals surface area contributed by atoms with E-state index in [-0.39, 0.29) is 23.9 Å². The van der Waals surface area contributed by atoms with Crippen LogP contribution in [-0.4, -0.2) is 23.9 Å². The Hall–Kier alpha value is -0.995. The zero-order chi connectivity index (χ0) is 16.6. The Balaban J connectivity index is 2.07. The van der Waals surface area contributed by atoms with Crippen molar-refractivity contribution in [1.29, 1.82) is 0 Å². The molecule has 0 spiro atoms. The number of benzene rings is 1. The fourth-order valence-corrected chi connectivity index (χ4v) is 2.78. The van der Waals surface area contributed by atoms with Gasteiger partial charge in [-0.2, -0.15) is 0 Å². The van der Waals surface area contributed by atoms with Gasteiger partial charge in [0.05, 0.1) is 11.2 Å². The summed E-state index contributed by atoms with van der Waals surface area (Å²) in [5.41, 5.74) is 1.73. The fourth-order valence-electron chi connectivity index (χ4n) is 2.78. The molecular formula is C18H30BNO2. The number of anilines is 1. The van der Waals surface area contributed by atoms with E-state index in [1.165, 1.54) is 6.42 Å². The Labute approximate surface area is 135 Å². The van der Waals surface area contributed by atoms with Crippen molar-refractivity contribution >= 4 is 18.3 Å². The van der Waals surface area contributed by atoms with E-state index >= 15 is 0 Å². The molecule has 1 N–H and O–H groups in total. The maximum Gasteiger partial charge on any atom is 0.494 e. The molecule has 3 nitrogen and oxygen atoms in total. The molecule has 2 rings (SSSR count). The molecule has 0 unspecified atom stereocenters. The second kappa shape index (κ2) is 5.90. The third-order valence-electron chi connectivity index (χ3n) is 4.79. The van der Waals surface area contributed by atoms with Gasteiger partial charge in [-0.3, -0.25) is 0 Å². The highest BCUT2D eigenvalue weighted by Gasteiger charge is 2.51. The van der Waals surface area contributed by atoms with Crippen LogP contribution >= 0.6 is 0 Å². The van der Waals surface area contributed by atoms with Crippen molar-refractivity contribution in [3.8, 4) is 0 Å². The minimum atomic E-state index is -0.294. The average molecular weight is 303 g/mol. The van der Waals surface area contributed by atoms with Gasteiger partial charge in [0.15, 0.2) is 0 Å². The first-order valence-electron chi connectivity index (χ1n) is 8.30. The third kappa shape index (κ3) is 3.66. The van der Waals surface area contributed by atoms with Crippen LogP contribution in [0.2, 0.25) is 0 Å². The molecule has 0 radical (unpaired) electrons. The van der Waals surface area contributed by atoms with Gasteiger partial charge in [0.2, 0.25) is 0 Å². The lowest BCUT2D eigenvalue weighted by molar-refractivity contribution is 0.00578. The van der Waals surface area contributed by atoms with E-state index in [9.17, 15) is 0 Å². The van der Waals surface area contributed by atoms with Crippen LogP contribution in [0.4, 0.5) is 5.69 Å². The molecule has 1 heterocycles. The lowest BCUT2D eigenvalue weighted by Gasteiger charge is -2.32. The summed E-state index contributed by atoms with van der Waals surface area (Å²) in [6, 6.07) is 8.40. The molecule has 0 bridgehead atoms. The second-order valence-electron chi connectivity index (χ2n) is 7.97. The Morgan fingerprint density at radius 3 is 1.95 bits per heavy atom. The smallest absolute Gasteiger partial charge is 0.399 e. The van der Waals surface area contributed by atoms with Crippen molar-refractivity contribution < 1.29 is 9.31 Å². The molecule has 122 valence electrons. The van der Waals surface area contributed by atoms with Crippen LogP contribution in [-0.2, 0) is 9.31 Å². The lowest BCUT2D eigenvalue weighted by atomic mass is 9.79. The van der Waals surface area contributed by atoms with Crippen LogP contribution in [0, 0.1) is 0 Å². The topological polar surface area (TPSA) is 30.5 Å². The first kappa shape index (κ1) is 17.4. The molecule has 1 aliphatic rings. The zero-order valence-corrected chi connectivity index (χ0v) is 15.1. The largest absolute Gasteiger partial charge is 0.494 e. The minimum Gasteiger partial charge on any atom is -0.399 e. The number of hydrogen-bond acceptors (Lipinski definition) is 3. The van der Waals surface area contributed by atoms with Crippen molar-refractivity contribution in [3.05, 3.63) is 24.3 Å². The molecule has 1 fully saturated rings. The van der Waals surface area contributed by atoms with E-state index in [4.69, 9.17) is 9.31 Å². The maximum atomic E-state index is 6.09. The molecular weight excluding hydrogens is 273 g/mol. The predicted octanol–water partition coefficient (Wildman–Crippen LogP) is 3.98. The van der Waals surface area contributed by atoms with Crippen LogP contribution < -0.4 is 10.8 Å². The van der Waals surface area contributed by atoms with E-state index < -0.39 is 0 Å². The van der Waals surface area contributed by atoms with Crippen LogP contribution in [0.25, 0.3) is 0 Å². The first-order valence-corrected chi connectivity index (χ1v) is 8.30. The molecule has 1 saturated heterocycles. The van der Waals surface area contributed by atoms with Gasteiger partial charge >= 0.3 is 7.12 Å². The second-order valence-corrected chi connectivity index (χ2v) is 7.97. The summed E-state index contributed by atoms with van der Waals surface area (Å²) in [5.74, 6) is 0. The van der Waals surface area contributed by atoms with Crippen LogP contribution in [0.5, 0.6) is 0 Å². The number of nitrogens with one attached hydrogen (secondary N) is 1. The molecule has 4 heteroatoms. The normalized spacial score (nSPS) is 20.2. The van der Waals surface area contributed by atoms with E-state index in [1.54, 1.807) is 0 Å². The lowest BCUT2D eigenvalue weighted by Crippen LogP contribution is -2.41. The summed E-state index contributed by atoms with van der Waals surface area (Å²) in [7, 11) is -0.289. The predicted molar refractivity (Wildman–Crippen MR) is 94.8 cm³/mol. The highest BCUT2D eigenvalue weighted by atomic mass is 16.7. The highest BCUT2D eigenvalue weighted by molar-refractivity contribution is 6.62. The van der Waals surface area contributed by atoms with Crippen molar-refractivity contribution in [2.75, 3.05) is 5.32 Å². The van der Waals surface area contributed by atoms with Gasteiger partial charge in [0.1, 0.15) is 0 Å². The average Bonchev–Trinajstić information content (AvgIpc) is 2.58. The molecule has 1 aromatic rings.